The van der Waals surface area contributed by atoms with E-state index in [0.717, 1.165) is 26.3 Å². The standard InChI is InChI=1S/C21H24N2O2S3/c1-5-14-7-6-8-15(9-14)10-18(24)27-20-23-12-19(28-20)26-13-17-22-11-16(25-17)21(2,3)4/h6-9,11-12H,5,10,13H2,1-4H3. The van der Waals surface area contributed by atoms with Crippen molar-refractivity contribution in [2.75, 3.05) is 0 Å². The van der Waals surface area contributed by atoms with Crippen molar-refractivity contribution in [1.82, 2.24) is 9.97 Å². The zero-order valence-corrected chi connectivity index (χ0v) is 19.0. The van der Waals surface area contributed by atoms with Gasteiger partial charge in [-0.3, -0.25) is 4.79 Å². The van der Waals surface area contributed by atoms with Crippen molar-refractivity contribution in [1.29, 1.82) is 0 Å². The number of rotatable bonds is 7. The number of thiazole rings is 1. The molecule has 3 aromatic rings. The lowest BCUT2D eigenvalue weighted by molar-refractivity contribution is -0.110. The number of aromatic nitrogens is 2. The van der Waals surface area contributed by atoms with Gasteiger partial charge >= 0.3 is 0 Å². The number of benzene rings is 1. The van der Waals surface area contributed by atoms with Crippen LogP contribution in [0.2, 0.25) is 0 Å². The maximum Gasteiger partial charge on any atom is 0.204 e. The third-order valence-electron chi connectivity index (χ3n) is 4.04. The summed E-state index contributed by atoms with van der Waals surface area (Å²) in [5.41, 5.74) is 2.27. The van der Waals surface area contributed by atoms with Gasteiger partial charge < -0.3 is 4.42 Å². The van der Waals surface area contributed by atoms with Crippen LogP contribution in [0.4, 0.5) is 0 Å². The van der Waals surface area contributed by atoms with Crippen molar-refractivity contribution in [2.24, 2.45) is 0 Å². The van der Waals surface area contributed by atoms with E-state index in [0.29, 0.717) is 18.1 Å². The second-order valence-electron chi connectivity index (χ2n) is 7.43. The summed E-state index contributed by atoms with van der Waals surface area (Å²) in [6.45, 7) is 8.43. The van der Waals surface area contributed by atoms with Gasteiger partial charge in [0.25, 0.3) is 0 Å². The number of carbonyl (C=O) groups excluding carboxylic acids is 1. The van der Waals surface area contributed by atoms with Crippen LogP contribution in [-0.4, -0.2) is 15.1 Å². The second kappa shape index (κ2) is 9.29. The van der Waals surface area contributed by atoms with E-state index < -0.39 is 0 Å². The summed E-state index contributed by atoms with van der Waals surface area (Å²) < 4.78 is 7.65. The number of hydrogen-bond donors (Lipinski definition) is 0. The van der Waals surface area contributed by atoms with E-state index >= 15 is 0 Å². The van der Waals surface area contributed by atoms with E-state index in [1.165, 1.54) is 28.7 Å². The monoisotopic (exact) mass is 432 g/mol. The van der Waals surface area contributed by atoms with Gasteiger partial charge in [-0.15, -0.1) is 23.1 Å². The van der Waals surface area contributed by atoms with Crippen LogP contribution in [-0.2, 0) is 28.8 Å². The first-order chi connectivity index (χ1) is 13.3. The molecule has 2 aromatic heterocycles. The molecule has 0 saturated heterocycles. The molecule has 4 nitrogen and oxygen atoms in total. The average molecular weight is 433 g/mol. The van der Waals surface area contributed by atoms with E-state index in [9.17, 15) is 4.79 Å². The lowest BCUT2D eigenvalue weighted by Crippen LogP contribution is -2.09. The fraction of sp³-hybridized carbons (Fsp3) is 0.381. The van der Waals surface area contributed by atoms with E-state index in [2.05, 4.69) is 49.8 Å². The van der Waals surface area contributed by atoms with Crippen molar-refractivity contribution in [3.63, 3.8) is 0 Å². The number of thioether (sulfide) groups is 2. The molecule has 0 saturated carbocycles. The molecule has 1 aromatic carbocycles. The minimum atomic E-state index is -0.0405. The third-order valence-corrected chi connectivity index (χ3v) is 7.17. The first-order valence-electron chi connectivity index (χ1n) is 9.16. The topological polar surface area (TPSA) is 56.0 Å². The van der Waals surface area contributed by atoms with E-state index in [4.69, 9.17) is 4.42 Å². The van der Waals surface area contributed by atoms with Gasteiger partial charge in [-0.1, -0.05) is 52.0 Å². The van der Waals surface area contributed by atoms with Crippen LogP contribution in [0.5, 0.6) is 0 Å². The maximum atomic E-state index is 12.4. The molecule has 3 rings (SSSR count). The molecular formula is C21H24N2O2S3. The van der Waals surface area contributed by atoms with Gasteiger partial charge in [-0.25, -0.2) is 9.97 Å². The zero-order chi connectivity index (χ0) is 20.1. The highest BCUT2D eigenvalue weighted by Gasteiger charge is 2.19. The Bertz CT molecular complexity index is 941. The summed E-state index contributed by atoms with van der Waals surface area (Å²) in [4.78, 5) is 21.1. The van der Waals surface area contributed by atoms with Crippen LogP contribution in [0.1, 0.15) is 50.5 Å². The Hall–Kier alpha value is -1.57. The lowest BCUT2D eigenvalue weighted by atomic mass is 9.94. The number of carbonyl (C=O) groups is 1. The summed E-state index contributed by atoms with van der Waals surface area (Å²) in [5.74, 6) is 2.26. The molecule has 0 aliphatic heterocycles. The first kappa shape index (κ1) is 21.1. The normalized spacial score (nSPS) is 11.7. The highest BCUT2D eigenvalue weighted by atomic mass is 32.2. The van der Waals surface area contributed by atoms with E-state index in [1.807, 2.05) is 18.3 Å². The fourth-order valence-corrected chi connectivity index (χ4v) is 5.45. The van der Waals surface area contributed by atoms with Gasteiger partial charge in [0.05, 0.1) is 22.4 Å². The van der Waals surface area contributed by atoms with Crippen LogP contribution in [0.15, 0.2) is 49.6 Å². The zero-order valence-electron chi connectivity index (χ0n) is 16.5. The molecule has 7 heteroatoms. The Labute approximate surface area is 178 Å². The van der Waals surface area contributed by atoms with Crippen LogP contribution in [0.3, 0.4) is 0 Å². The predicted molar refractivity (Wildman–Crippen MR) is 117 cm³/mol. The number of aryl methyl sites for hydroxylation is 1. The molecule has 0 radical (unpaired) electrons. The summed E-state index contributed by atoms with van der Waals surface area (Å²) in [6.07, 6.45) is 5.02. The fourth-order valence-electron chi connectivity index (χ4n) is 2.47. The van der Waals surface area contributed by atoms with Gasteiger partial charge in [0.2, 0.25) is 5.89 Å². The smallest absolute Gasteiger partial charge is 0.204 e. The van der Waals surface area contributed by atoms with E-state index in [-0.39, 0.29) is 10.5 Å². The van der Waals surface area contributed by atoms with E-state index in [1.54, 1.807) is 18.0 Å². The number of hydrogen-bond acceptors (Lipinski definition) is 7. The SMILES string of the molecule is CCc1cccc(CC(=O)Sc2ncc(SCc3ncc(C(C)(C)C)o3)s2)c1. The molecule has 0 bridgehead atoms. The maximum absolute atomic E-state index is 12.4. The molecule has 0 unspecified atom stereocenters. The van der Waals surface area contributed by atoms with Crippen molar-refractivity contribution >= 4 is 40.0 Å². The molecule has 2 heterocycles. The molecule has 0 aliphatic rings. The Morgan fingerprint density at radius 2 is 1.96 bits per heavy atom. The highest BCUT2D eigenvalue weighted by molar-refractivity contribution is 8.15. The van der Waals surface area contributed by atoms with Gasteiger partial charge in [-0.05, 0) is 29.3 Å². The van der Waals surface area contributed by atoms with Crippen molar-refractivity contribution in [3.8, 4) is 0 Å². The summed E-state index contributed by atoms with van der Waals surface area (Å²) in [6, 6.07) is 8.20. The van der Waals surface area contributed by atoms with Gasteiger partial charge in [0.15, 0.2) is 9.45 Å². The molecular weight excluding hydrogens is 408 g/mol. The Balaban J connectivity index is 1.52. The molecule has 0 N–H and O–H groups in total. The largest absolute Gasteiger partial charge is 0.444 e. The van der Waals surface area contributed by atoms with Crippen molar-refractivity contribution in [3.05, 3.63) is 59.4 Å². The van der Waals surface area contributed by atoms with Crippen LogP contribution >= 0.6 is 34.9 Å². The number of nitrogens with zero attached hydrogens (tertiary/aromatic N) is 2. The van der Waals surface area contributed by atoms with Crippen LogP contribution in [0.25, 0.3) is 0 Å². The summed E-state index contributed by atoms with van der Waals surface area (Å²) >= 11 is 4.38. The summed E-state index contributed by atoms with van der Waals surface area (Å²) in [5, 5.41) is 0.113. The number of oxazole rings is 1. The van der Waals surface area contributed by atoms with Crippen LogP contribution < -0.4 is 0 Å². The molecule has 0 amide bonds. The molecule has 0 aliphatic carbocycles. The third kappa shape index (κ3) is 5.96. The molecule has 0 atom stereocenters. The van der Waals surface area contributed by atoms with Crippen molar-refractivity contribution < 1.29 is 9.21 Å². The second-order valence-corrected chi connectivity index (χ2v) is 11.0. The highest BCUT2D eigenvalue weighted by Crippen LogP contribution is 2.34. The minimum Gasteiger partial charge on any atom is -0.444 e. The van der Waals surface area contributed by atoms with Gasteiger partial charge in [0, 0.05) is 11.8 Å². The lowest BCUT2D eigenvalue weighted by Gasteiger charge is -2.12. The molecule has 148 valence electrons. The van der Waals surface area contributed by atoms with Gasteiger partial charge in [0.1, 0.15) is 5.76 Å². The predicted octanol–water partition coefficient (Wildman–Crippen LogP) is 6.14. The Kier molecular flexibility index (Phi) is 7.01. The quantitative estimate of drug-likeness (QED) is 0.418. The summed E-state index contributed by atoms with van der Waals surface area (Å²) in [7, 11) is 0. The Morgan fingerprint density at radius 1 is 1.18 bits per heavy atom. The Morgan fingerprint density at radius 3 is 2.68 bits per heavy atom. The molecule has 0 fully saturated rings. The first-order valence-corrected chi connectivity index (χ1v) is 11.8. The average Bonchev–Trinajstić information content (AvgIpc) is 3.29. The molecule has 28 heavy (non-hydrogen) atoms. The molecule has 0 spiro atoms. The van der Waals surface area contributed by atoms with Crippen molar-refractivity contribution in [2.45, 2.75) is 60.3 Å². The minimum absolute atomic E-state index is 0.0405. The van der Waals surface area contributed by atoms with Crippen LogP contribution in [0, 0.1) is 0 Å². The van der Waals surface area contributed by atoms with Gasteiger partial charge in [-0.2, -0.15) is 0 Å².